The van der Waals surface area contributed by atoms with Crippen LogP contribution in [0.1, 0.15) is 64.7 Å². The molecule has 1 amide bonds. The Labute approximate surface area is 154 Å². The van der Waals surface area contributed by atoms with E-state index in [9.17, 15) is 4.79 Å². The van der Waals surface area contributed by atoms with E-state index in [0.717, 1.165) is 63.6 Å². The summed E-state index contributed by atoms with van der Waals surface area (Å²) in [5.41, 5.74) is 0. The van der Waals surface area contributed by atoms with Crippen LogP contribution in [0, 0.1) is 17.8 Å². The van der Waals surface area contributed by atoms with Gasteiger partial charge in [-0.15, -0.1) is 0 Å². The molecule has 3 aliphatic rings. The maximum absolute atomic E-state index is 12.7. The van der Waals surface area contributed by atoms with E-state index >= 15 is 0 Å². The standard InChI is InChI=1S/C21H38N2O2/c1-3-4-17-5-10-22(11-6-17)20-15-19(16-20)21(24)23-12-7-18(8-13-23)9-14-25-2/h17-20H,3-16H2,1-2H3. The Kier molecular flexibility index (Phi) is 7.18. The maximum atomic E-state index is 12.7. The zero-order chi connectivity index (χ0) is 17.6. The molecule has 2 saturated heterocycles. The molecule has 0 aromatic rings. The van der Waals surface area contributed by atoms with Gasteiger partial charge in [0.05, 0.1) is 0 Å². The zero-order valence-electron chi connectivity index (χ0n) is 16.4. The van der Waals surface area contributed by atoms with Crippen LogP contribution < -0.4 is 0 Å². The third-order valence-electron chi connectivity index (χ3n) is 6.98. The second kappa shape index (κ2) is 9.36. The van der Waals surface area contributed by atoms with Crippen molar-refractivity contribution in [3.63, 3.8) is 0 Å². The summed E-state index contributed by atoms with van der Waals surface area (Å²) in [6, 6.07) is 0.691. The summed E-state index contributed by atoms with van der Waals surface area (Å²) in [6.07, 6.45) is 11.2. The lowest BCUT2D eigenvalue weighted by Crippen LogP contribution is -2.53. The van der Waals surface area contributed by atoms with Gasteiger partial charge in [-0.1, -0.05) is 19.8 Å². The van der Waals surface area contributed by atoms with Gasteiger partial charge in [0.2, 0.25) is 5.91 Å². The molecular formula is C21H38N2O2. The van der Waals surface area contributed by atoms with Crippen LogP contribution in [0.5, 0.6) is 0 Å². The molecule has 3 fully saturated rings. The van der Waals surface area contributed by atoms with Gasteiger partial charge in [-0.25, -0.2) is 0 Å². The number of hydrogen-bond acceptors (Lipinski definition) is 3. The minimum absolute atomic E-state index is 0.314. The summed E-state index contributed by atoms with van der Waals surface area (Å²) in [5.74, 6) is 2.47. The van der Waals surface area contributed by atoms with Crippen LogP contribution in [0.25, 0.3) is 0 Å². The van der Waals surface area contributed by atoms with E-state index in [1.807, 2.05) is 0 Å². The molecule has 4 nitrogen and oxygen atoms in total. The van der Waals surface area contributed by atoms with E-state index in [4.69, 9.17) is 4.74 Å². The predicted molar refractivity (Wildman–Crippen MR) is 102 cm³/mol. The lowest BCUT2D eigenvalue weighted by molar-refractivity contribution is -0.142. The molecule has 0 radical (unpaired) electrons. The van der Waals surface area contributed by atoms with Gasteiger partial charge < -0.3 is 14.5 Å². The quantitative estimate of drug-likeness (QED) is 0.704. The molecule has 0 unspecified atom stereocenters. The Balaban J connectivity index is 1.34. The summed E-state index contributed by atoms with van der Waals surface area (Å²) in [6.45, 7) is 7.63. The Morgan fingerprint density at radius 2 is 1.56 bits per heavy atom. The maximum Gasteiger partial charge on any atom is 0.225 e. The third-order valence-corrected chi connectivity index (χ3v) is 6.98. The Hall–Kier alpha value is -0.610. The molecule has 1 aliphatic carbocycles. The minimum Gasteiger partial charge on any atom is -0.385 e. The average Bonchev–Trinajstić information content (AvgIpc) is 2.61. The number of carbonyl (C=O) groups is 1. The highest BCUT2D eigenvalue weighted by molar-refractivity contribution is 5.80. The van der Waals surface area contributed by atoms with Gasteiger partial charge in [-0.3, -0.25) is 4.79 Å². The van der Waals surface area contributed by atoms with Crippen LogP contribution >= 0.6 is 0 Å². The van der Waals surface area contributed by atoms with Crippen LogP contribution in [-0.2, 0) is 9.53 Å². The fourth-order valence-corrected chi connectivity index (χ4v) is 5.09. The van der Waals surface area contributed by atoms with Crippen molar-refractivity contribution in [1.82, 2.24) is 9.80 Å². The first-order valence-corrected chi connectivity index (χ1v) is 10.7. The van der Waals surface area contributed by atoms with E-state index in [0.29, 0.717) is 17.9 Å². The largest absolute Gasteiger partial charge is 0.385 e. The molecule has 0 aromatic heterocycles. The Morgan fingerprint density at radius 1 is 0.960 bits per heavy atom. The number of ether oxygens (including phenoxy) is 1. The second-order valence-electron chi connectivity index (χ2n) is 8.64. The van der Waals surface area contributed by atoms with Crippen molar-refractivity contribution in [3.8, 4) is 0 Å². The number of nitrogens with zero attached hydrogens (tertiary/aromatic N) is 2. The fourth-order valence-electron chi connectivity index (χ4n) is 5.09. The van der Waals surface area contributed by atoms with E-state index in [-0.39, 0.29) is 0 Å². The summed E-state index contributed by atoms with van der Waals surface area (Å²) in [5, 5.41) is 0. The first kappa shape index (κ1) is 19.2. The average molecular weight is 351 g/mol. The van der Waals surface area contributed by atoms with Gasteiger partial charge >= 0.3 is 0 Å². The molecule has 25 heavy (non-hydrogen) atoms. The molecule has 0 bridgehead atoms. The van der Waals surface area contributed by atoms with Gasteiger partial charge in [0.15, 0.2) is 0 Å². The van der Waals surface area contributed by atoms with Crippen molar-refractivity contribution in [2.45, 2.75) is 70.8 Å². The van der Waals surface area contributed by atoms with E-state index in [2.05, 4.69) is 16.7 Å². The fraction of sp³-hybridized carbons (Fsp3) is 0.952. The Morgan fingerprint density at radius 3 is 2.16 bits per heavy atom. The van der Waals surface area contributed by atoms with Crippen molar-refractivity contribution in [2.75, 3.05) is 39.9 Å². The number of piperidine rings is 2. The molecule has 4 heteroatoms. The minimum atomic E-state index is 0.314. The summed E-state index contributed by atoms with van der Waals surface area (Å²) >= 11 is 0. The van der Waals surface area contributed by atoms with Crippen molar-refractivity contribution in [1.29, 1.82) is 0 Å². The second-order valence-corrected chi connectivity index (χ2v) is 8.64. The van der Waals surface area contributed by atoms with Crippen LogP contribution in [0.4, 0.5) is 0 Å². The molecule has 144 valence electrons. The first-order valence-electron chi connectivity index (χ1n) is 10.7. The van der Waals surface area contributed by atoms with Crippen LogP contribution in [0.15, 0.2) is 0 Å². The number of rotatable bonds is 7. The smallest absolute Gasteiger partial charge is 0.225 e. The number of carbonyl (C=O) groups excluding carboxylic acids is 1. The highest BCUT2D eigenvalue weighted by atomic mass is 16.5. The Bertz CT molecular complexity index is 406. The van der Waals surface area contributed by atoms with Crippen LogP contribution in [0.3, 0.4) is 0 Å². The molecule has 0 atom stereocenters. The SMILES string of the molecule is CCCC1CCN(C2CC(C(=O)N3CCC(CCOC)CC3)C2)CC1. The van der Waals surface area contributed by atoms with Gasteiger partial charge in [-0.05, 0) is 69.9 Å². The van der Waals surface area contributed by atoms with E-state index in [1.165, 1.54) is 38.8 Å². The lowest BCUT2D eigenvalue weighted by Gasteiger charge is -2.46. The third kappa shape index (κ3) is 4.97. The van der Waals surface area contributed by atoms with Crippen molar-refractivity contribution >= 4 is 5.91 Å². The molecule has 1 saturated carbocycles. The topological polar surface area (TPSA) is 32.8 Å². The normalized spacial score (nSPS) is 29.6. The molecule has 0 spiro atoms. The van der Waals surface area contributed by atoms with Gasteiger partial charge in [0.25, 0.3) is 0 Å². The number of hydrogen-bond donors (Lipinski definition) is 0. The van der Waals surface area contributed by atoms with Gasteiger partial charge in [-0.2, -0.15) is 0 Å². The zero-order valence-corrected chi connectivity index (χ0v) is 16.4. The lowest BCUT2D eigenvalue weighted by atomic mass is 9.76. The molecule has 3 rings (SSSR count). The molecule has 2 aliphatic heterocycles. The number of likely N-dealkylation sites (tertiary alicyclic amines) is 2. The van der Waals surface area contributed by atoms with Gasteiger partial charge in [0.1, 0.15) is 0 Å². The summed E-state index contributed by atoms with van der Waals surface area (Å²) in [7, 11) is 1.78. The first-order chi connectivity index (χ1) is 12.2. The molecular weight excluding hydrogens is 312 g/mol. The highest BCUT2D eigenvalue weighted by Gasteiger charge is 2.41. The van der Waals surface area contributed by atoms with Crippen LogP contribution in [-0.4, -0.2) is 61.6 Å². The van der Waals surface area contributed by atoms with E-state index in [1.54, 1.807) is 7.11 Å². The van der Waals surface area contributed by atoms with Crippen molar-refractivity contribution in [3.05, 3.63) is 0 Å². The van der Waals surface area contributed by atoms with E-state index < -0.39 is 0 Å². The summed E-state index contributed by atoms with van der Waals surface area (Å²) < 4.78 is 5.19. The van der Waals surface area contributed by atoms with Crippen LogP contribution in [0.2, 0.25) is 0 Å². The predicted octanol–water partition coefficient (Wildman–Crippen LogP) is 3.55. The molecule has 0 N–H and O–H groups in total. The molecule has 0 aromatic carbocycles. The number of methoxy groups -OCH3 is 1. The number of amides is 1. The van der Waals surface area contributed by atoms with Crippen molar-refractivity contribution < 1.29 is 9.53 Å². The van der Waals surface area contributed by atoms with Gasteiger partial charge in [0, 0.05) is 38.8 Å². The summed E-state index contributed by atoms with van der Waals surface area (Å²) in [4.78, 5) is 17.6. The highest BCUT2D eigenvalue weighted by Crippen LogP contribution is 2.36. The van der Waals surface area contributed by atoms with Crippen molar-refractivity contribution in [2.24, 2.45) is 17.8 Å². The monoisotopic (exact) mass is 350 g/mol. The molecule has 2 heterocycles.